The summed E-state index contributed by atoms with van der Waals surface area (Å²) in [5, 5.41) is 13.5. The topological polar surface area (TPSA) is 72.2 Å². The molecule has 1 heterocycles. The molecule has 0 bridgehead atoms. The molecule has 0 saturated heterocycles. The number of benzene rings is 3. The Morgan fingerprint density at radius 1 is 1.00 bits per heavy atom. The fourth-order valence-electron chi connectivity index (χ4n) is 3.37. The zero-order valence-corrected chi connectivity index (χ0v) is 20.3. The minimum Gasteiger partial charge on any atom is -0.272 e. The van der Waals surface area contributed by atoms with Crippen LogP contribution < -0.4 is 5.43 Å². The highest BCUT2D eigenvalue weighted by molar-refractivity contribution is 7.99. The van der Waals surface area contributed by atoms with E-state index in [1.54, 1.807) is 6.21 Å². The van der Waals surface area contributed by atoms with Crippen molar-refractivity contribution in [2.45, 2.75) is 31.8 Å². The molecule has 0 atom stereocenters. The number of thioether (sulfide) groups is 1. The first-order chi connectivity index (χ1) is 16.5. The normalized spacial score (nSPS) is 11.3. The van der Waals surface area contributed by atoms with E-state index in [1.807, 2.05) is 71.3 Å². The summed E-state index contributed by atoms with van der Waals surface area (Å²) in [7, 11) is 0. The van der Waals surface area contributed by atoms with Crippen LogP contribution in [0.4, 0.5) is 0 Å². The summed E-state index contributed by atoms with van der Waals surface area (Å²) >= 11 is 1.32. The molecule has 0 aliphatic rings. The molecular formula is C27H27N5OS. The fraction of sp³-hybridized carbons (Fsp3) is 0.185. The van der Waals surface area contributed by atoms with Crippen molar-refractivity contribution in [1.29, 1.82) is 0 Å². The summed E-state index contributed by atoms with van der Waals surface area (Å²) in [5.41, 5.74) is 7.88. The van der Waals surface area contributed by atoms with Crippen molar-refractivity contribution in [1.82, 2.24) is 20.2 Å². The smallest absolute Gasteiger partial charge is 0.250 e. The molecule has 172 valence electrons. The monoisotopic (exact) mass is 469 g/mol. The molecule has 1 N–H and O–H groups in total. The fourth-order valence-corrected chi connectivity index (χ4v) is 4.12. The zero-order valence-electron chi connectivity index (χ0n) is 19.5. The van der Waals surface area contributed by atoms with E-state index in [-0.39, 0.29) is 11.7 Å². The van der Waals surface area contributed by atoms with Gasteiger partial charge in [-0.15, -0.1) is 10.2 Å². The van der Waals surface area contributed by atoms with E-state index < -0.39 is 0 Å². The molecule has 4 rings (SSSR count). The van der Waals surface area contributed by atoms with E-state index in [4.69, 9.17) is 0 Å². The number of rotatable bonds is 8. The molecule has 0 fully saturated rings. The Balaban J connectivity index is 1.45. The Hall–Kier alpha value is -3.71. The molecule has 3 aromatic carbocycles. The summed E-state index contributed by atoms with van der Waals surface area (Å²) in [5.74, 6) is 1.17. The van der Waals surface area contributed by atoms with Crippen molar-refractivity contribution >= 4 is 23.9 Å². The number of carbonyl (C=O) groups excluding carboxylic acids is 1. The maximum Gasteiger partial charge on any atom is 0.250 e. The largest absolute Gasteiger partial charge is 0.272 e. The van der Waals surface area contributed by atoms with Crippen LogP contribution in [0.3, 0.4) is 0 Å². The van der Waals surface area contributed by atoms with Gasteiger partial charge in [0.2, 0.25) is 0 Å². The van der Waals surface area contributed by atoms with Gasteiger partial charge in [0.05, 0.1) is 12.0 Å². The van der Waals surface area contributed by atoms with Crippen LogP contribution in [0.25, 0.3) is 17.1 Å². The van der Waals surface area contributed by atoms with Gasteiger partial charge in [-0.3, -0.25) is 9.36 Å². The van der Waals surface area contributed by atoms with Gasteiger partial charge in [-0.2, -0.15) is 5.10 Å². The van der Waals surface area contributed by atoms with E-state index in [9.17, 15) is 4.79 Å². The maximum absolute atomic E-state index is 12.4. The van der Waals surface area contributed by atoms with Gasteiger partial charge in [0, 0.05) is 11.3 Å². The van der Waals surface area contributed by atoms with Crippen LogP contribution in [-0.4, -0.2) is 32.6 Å². The number of aryl methyl sites for hydroxylation is 1. The van der Waals surface area contributed by atoms with Crippen molar-refractivity contribution in [3.63, 3.8) is 0 Å². The van der Waals surface area contributed by atoms with Crippen molar-refractivity contribution in [3.05, 3.63) is 95.6 Å². The molecule has 7 heteroatoms. The second kappa shape index (κ2) is 10.9. The van der Waals surface area contributed by atoms with Crippen molar-refractivity contribution in [3.8, 4) is 17.1 Å². The van der Waals surface area contributed by atoms with Crippen LogP contribution in [0.1, 0.15) is 36.5 Å². The number of hydrogen-bond acceptors (Lipinski definition) is 5. The number of hydrogen-bond donors (Lipinski definition) is 1. The number of nitrogens with one attached hydrogen (secondary N) is 1. The van der Waals surface area contributed by atoms with Crippen LogP contribution >= 0.6 is 11.8 Å². The second-order valence-electron chi connectivity index (χ2n) is 8.25. The van der Waals surface area contributed by atoms with E-state index in [1.165, 1.54) is 22.9 Å². The quantitative estimate of drug-likeness (QED) is 0.207. The van der Waals surface area contributed by atoms with Gasteiger partial charge < -0.3 is 0 Å². The maximum atomic E-state index is 12.4. The summed E-state index contributed by atoms with van der Waals surface area (Å²) in [6.07, 6.45) is 1.65. The van der Waals surface area contributed by atoms with Crippen LogP contribution in [0.15, 0.2) is 89.1 Å². The van der Waals surface area contributed by atoms with Gasteiger partial charge in [0.1, 0.15) is 0 Å². The lowest BCUT2D eigenvalue weighted by Gasteiger charge is -2.10. The van der Waals surface area contributed by atoms with Gasteiger partial charge in [-0.25, -0.2) is 5.43 Å². The standard InChI is InChI=1S/C27H27N5OS/c1-19(2)22-15-11-21(12-16-22)17-28-29-25(33)18-34-27-31-30-26(23-13-9-20(3)10-14-23)32(27)24-7-5-4-6-8-24/h4-17,19H,18H2,1-3H3,(H,29,33)/b28-17-. The summed E-state index contributed by atoms with van der Waals surface area (Å²) in [6.45, 7) is 6.36. The Morgan fingerprint density at radius 2 is 1.71 bits per heavy atom. The highest BCUT2D eigenvalue weighted by Gasteiger charge is 2.17. The SMILES string of the molecule is Cc1ccc(-c2nnc(SCC(=O)N/N=C\c3ccc(C(C)C)cc3)n2-c2ccccc2)cc1. The van der Waals surface area contributed by atoms with Crippen LogP contribution in [-0.2, 0) is 4.79 Å². The molecule has 1 amide bonds. The molecule has 0 unspecified atom stereocenters. The Morgan fingerprint density at radius 3 is 2.38 bits per heavy atom. The van der Waals surface area contributed by atoms with E-state index >= 15 is 0 Å². The van der Waals surface area contributed by atoms with Gasteiger partial charge in [0.15, 0.2) is 11.0 Å². The first kappa shape index (κ1) is 23.4. The lowest BCUT2D eigenvalue weighted by Crippen LogP contribution is -2.20. The van der Waals surface area contributed by atoms with Gasteiger partial charge in [-0.05, 0) is 36.1 Å². The molecule has 4 aromatic rings. The second-order valence-corrected chi connectivity index (χ2v) is 9.19. The molecular weight excluding hydrogens is 442 g/mol. The molecule has 6 nitrogen and oxygen atoms in total. The number of para-hydroxylation sites is 1. The van der Waals surface area contributed by atoms with E-state index in [2.05, 4.69) is 53.6 Å². The zero-order chi connectivity index (χ0) is 23.9. The number of aromatic nitrogens is 3. The minimum atomic E-state index is -0.209. The van der Waals surface area contributed by atoms with Crippen molar-refractivity contribution in [2.24, 2.45) is 5.10 Å². The molecule has 0 aliphatic heterocycles. The number of amides is 1. The number of nitrogens with zero attached hydrogens (tertiary/aromatic N) is 4. The lowest BCUT2D eigenvalue weighted by molar-refractivity contribution is -0.118. The highest BCUT2D eigenvalue weighted by atomic mass is 32.2. The Kier molecular flexibility index (Phi) is 7.54. The number of hydrazone groups is 1. The predicted molar refractivity (Wildman–Crippen MR) is 139 cm³/mol. The van der Waals surface area contributed by atoms with Crippen LogP contribution in [0.5, 0.6) is 0 Å². The van der Waals surface area contributed by atoms with Gasteiger partial charge >= 0.3 is 0 Å². The Labute approximate surface area is 204 Å². The third kappa shape index (κ3) is 5.80. The first-order valence-electron chi connectivity index (χ1n) is 11.1. The average Bonchev–Trinajstić information content (AvgIpc) is 3.28. The molecule has 1 aromatic heterocycles. The van der Waals surface area contributed by atoms with Gasteiger partial charge in [-0.1, -0.05) is 97.9 Å². The summed E-state index contributed by atoms with van der Waals surface area (Å²) in [4.78, 5) is 12.4. The summed E-state index contributed by atoms with van der Waals surface area (Å²) in [6, 6.07) is 26.2. The number of carbonyl (C=O) groups is 1. The third-order valence-corrected chi connectivity index (χ3v) is 6.22. The predicted octanol–water partition coefficient (Wildman–Crippen LogP) is 5.61. The Bertz CT molecular complexity index is 1260. The molecule has 34 heavy (non-hydrogen) atoms. The molecule has 0 saturated carbocycles. The molecule has 0 aliphatic carbocycles. The van der Waals surface area contributed by atoms with Crippen molar-refractivity contribution < 1.29 is 4.79 Å². The van der Waals surface area contributed by atoms with Gasteiger partial charge in [0.25, 0.3) is 5.91 Å². The summed E-state index contributed by atoms with van der Waals surface area (Å²) < 4.78 is 1.97. The van der Waals surface area contributed by atoms with Crippen LogP contribution in [0, 0.1) is 6.92 Å². The molecule has 0 radical (unpaired) electrons. The van der Waals surface area contributed by atoms with Crippen LogP contribution in [0.2, 0.25) is 0 Å². The molecule has 0 spiro atoms. The highest BCUT2D eigenvalue weighted by Crippen LogP contribution is 2.28. The third-order valence-electron chi connectivity index (χ3n) is 5.30. The first-order valence-corrected chi connectivity index (χ1v) is 12.1. The lowest BCUT2D eigenvalue weighted by atomic mass is 10.0. The van der Waals surface area contributed by atoms with Crippen molar-refractivity contribution in [2.75, 3.05) is 5.75 Å². The van der Waals surface area contributed by atoms with E-state index in [0.29, 0.717) is 11.1 Å². The minimum absolute atomic E-state index is 0.169. The average molecular weight is 470 g/mol. The van der Waals surface area contributed by atoms with E-state index in [0.717, 1.165) is 22.6 Å².